The molecule has 0 aliphatic carbocycles. The van der Waals surface area contributed by atoms with E-state index in [0.717, 1.165) is 18.5 Å². The average Bonchev–Trinajstić information content (AvgIpc) is 2.99. The number of amides is 1. The van der Waals surface area contributed by atoms with Crippen molar-refractivity contribution in [2.45, 2.75) is 17.5 Å². The number of halogens is 4. The van der Waals surface area contributed by atoms with Crippen molar-refractivity contribution in [2.24, 2.45) is 0 Å². The first-order chi connectivity index (χ1) is 14.1. The molecule has 1 aliphatic heterocycles. The lowest BCUT2D eigenvalue weighted by atomic mass is 10.1. The molecule has 3 rings (SSSR count). The van der Waals surface area contributed by atoms with Gasteiger partial charge in [-0.15, -0.1) is 12.4 Å². The van der Waals surface area contributed by atoms with Crippen molar-refractivity contribution in [1.29, 1.82) is 5.26 Å². The highest BCUT2D eigenvalue weighted by Gasteiger charge is 2.37. The Morgan fingerprint density at radius 3 is 2.55 bits per heavy atom. The molecule has 0 unspecified atom stereocenters. The number of nitrogens with zero attached hydrogens (tertiary/aromatic N) is 4. The number of rotatable bonds is 3. The van der Waals surface area contributed by atoms with Crippen LogP contribution in [0.5, 0.6) is 0 Å². The predicted molar refractivity (Wildman–Crippen MR) is 107 cm³/mol. The fraction of sp³-hybridized carbons (Fsp3) is 0.316. The molecule has 0 saturated carbocycles. The lowest BCUT2D eigenvalue weighted by molar-refractivity contribution is -0.138. The number of carbonyl (C=O) groups is 1. The maximum absolute atomic E-state index is 13.2. The van der Waals surface area contributed by atoms with Crippen LogP contribution in [0.25, 0.3) is 0 Å². The molecular formula is C19H18ClF3N4O3S. The van der Waals surface area contributed by atoms with Gasteiger partial charge in [0, 0.05) is 38.6 Å². The molecule has 0 N–H and O–H groups in total. The second-order valence-corrected chi connectivity index (χ2v) is 8.55. The topological polar surface area (TPSA) is 94.4 Å². The van der Waals surface area contributed by atoms with Crippen molar-refractivity contribution in [3.05, 3.63) is 59.4 Å². The van der Waals surface area contributed by atoms with Crippen molar-refractivity contribution in [3.8, 4) is 6.07 Å². The van der Waals surface area contributed by atoms with Gasteiger partial charge >= 0.3 is 6.18 Å². The number of alkyl halides is 3. The van der Waals surface area contributed by atoms with Crippen molar-refractivity contribution in [3.63, 3.8) is 0 Å². The molecule has 0 radical (unpaired) electrons. The number of sulfonamides is 1. The van der Waals surface area contributed by atoms with E-state index >= 15 is 0 Å². The van der Waals surface area contributed by atoms with Crippen LogP contribution in [0.3, 0.4) is 0 Å². The van der Waals surface area contributed by atoms with Gasteiger partial charge in [-0.3, -0.25) is 9.78 Å². The molecule has 166 valence electrons. The van der Waals surface area contributed by atoms with Crippen LogP contribution in [0.1, 0.15) is 27.9 Å². The summed E-state index contributed by atoms with van der Waals surface area (Å²) in [6.07, 6.45) is -2.62. The van der Waals surface area contributed by atoms with Gasteiger partial charge < -0.3 is 4.90 Å². The van der Waals surface area contributed by atoms with E-state index in [1.54, 1.807) is 0 Å². The Morgan fingerprint density at radius 2 is 1.87 bits per heavy atom. The molecule has 0 bridgehead atoms. The Labute approximate surface area is 183 Å². The van der Waals surface area contributed by atoms with Gasteiger partial charge in [-0.25, -0.2) is 8.42 Å². The summed E-state index contributed by atoms with van der Waals surface area (Å²) in [5, 5.41) is 8.98. The second kappa shape index (κ2) is 9.64. The first-order valence-corrected chi connectivity index (χ1v) is 10.4. The Kier molecular flexibility index (Phi) is 7.64. The van der Waals surface area contributed by atoms with Gasteiger partial charge in [0.05, 0.1) is 27.7 Å². The summed E-state index contributed by atoms with van der Waals surface area (Å²) in [5.74, 6) is -0.846. The van der Waals surface area contributed by atoms with Gasteiger partial charge in [0.25, 0.3) is 5.91 Å². The van der Waals surface area contributed by atoms with Crippen LogP contribution < -0.4 is 0 Å². The third-order valence-electron chi connectivity index (χ3n) is 4.70. The van der Waals surface area contributed by atoms with E-state index in [2.05, 4.69) is 4.98 Å². The van der Waals surface area contributed by atoms with E-state index in [4.69, 9.17) is 5.26 Å². The third-order valence-corrected chi connectivity index (χ3v) is 6.59. The smallest absolute Gasteiger partial charge is 0.337 e. The lowest BCUT2D eigenvalue weighted by Gasteiger charge is -2.23. The standard InChI is InChI=1S/C19H17F3N4O3S.ClH/c20-19(21,22)17-5-6-24-13-16(17)18(27)25-7-2-8-26(10-9-25)30(28,29)15-4-1-3-14(11-15)12-23;/h1,3-6,11,13H,2,7-10H2;1H. The Balaban J connectivity index is 0.00000341. The van der Waals surface area contributed by atoms with Crippen LogP contribution in [-0.4, -0.2) is 54.7 Å². The molecule has 1 fully saturated rings. The van der Waals surface area contributed by atoms with E-state index in [9.17, 15) is 26.4 Å². The maximum Gasteiger partial charge on any atom is 0.417 e. The van der Waals surface area contributed by atoms with Gasteiger partial charge in [0.15, 0.2) is 0 Å². The first-order valence-electron chi connectivity index (χ1n) is 8.95. The van der Waals surface area contributed by atoms with Crippen LogP contribution >= 0.6 is 12.4 Å². The number of nitriles is 1. The molecule has 1 aromatic carbocycles. The van der Waals surface area contributed by atoms with E-state index in [0.29, 0.717) is 0 Å². The van der Waals surface area contributed by atoms with Gasteiger partial charge in [0.1, 0.15) is 0 Å². The summed E-state index contributed by atoms with van der Waals surface area (Å²) >= 11 is 0. The Bertz CT molecular complexity index is 1100. The highest BCUT2D eigenvalue weighted by atomic mass is 35.5. The van der Waals surface area contributed by atoms with Crippen LogP contribution in [0.4, 0.5) is 13.2 Å². The van der Waals surface area contributed by atoms with Crippen molar-refractivity contribution in [2.75, 3.05) is 26.2 Å². The fourth-order valence-electron chi connectivity index (χ4n) is 3.19. The molecule has 1 amide bonds. The van der Waals surface area contributed by atoms with Crippen LogP contribution in [0.15, 0.2) is 47.6 Å². The van der Waals surface area contributed by atoms with Gasteiger partial charge in [0.2, 0.25) is 10.0 Å². The predicted octanol–water partition coefficient (Wildman–Crippen LogP) is 2.93. The molecular weight excluding hydrogens is 457 g/mol. The van der Waals surface area contributed by atoms with E-state index in [1.165, 1.54) is 33.5 Å². The lowest BCUT2D eigenvalue weighted by Crippen LogP contribution is -2.38. The van der Waals surface area contributed by atoms with Crippen LogP contribution in [-0.2, 0) is 16.2 Å². The largest absolute Gasteiger partial charge is 0.417 e. The molecule has 1 saturated heterocycles. The van der Waals surface area contributed by atoms with Gasteiger partial charge in [-0.2, -0.15) is 22.7 Å². The highest BCUT2D eigenvalue weighted by molar-refractivity contribution is 7.89. The van der Waals surface area contributed by atoms with Gasteiger partial charge in [-0.1, -0.05) is 6.07 Å². The third kappa shape index (κ3) is 5.33. The molecule has 0 atom stereocenters. The van der Waals surface area contributed by atoms with Crippen molar-refractivity contribution in [1.82, 2.24) is 14.2 Å². The van der Waals surface area contributed by atoms with E-state index in [-0.39, 0.29) is 55.5 Å². The van der Waals surface area contributed by atoms with Crippen LogP contribution in [0.2, 0.25) is 0 Å². The minimum Gasteiger partial charge on any atom is -0.337 e. The quantitative estimate of drug-likeness (QED) is 0.681. The number of aromatic nitrogens is 1. The van der Waals surface area contributed by atoms with Crippen molar-refractivity contribution >= 4 is 28.3 Å². The molecule has 2 aromatic rings. The Morgan fingerprint density at radius 1 is 1.13 bits per heavy atom. The molecule has 2 heterocycles. The minimum atomic E-state index is -4.71. The Hall–Kier alpha value is -2.68. The number of hydrogen-bond acceptors (Lipinski definition) is 5. The summed E-state index contributed by atoms with van der Waals surface area (Å²) in [4.78, 5) is 17.5. The van der Waals surface area contributed by atoms with Crippen LogP contribution in [0, 0.1) is 11.3 Å². The zero-order valence-corrected chi connectivity index (χ0v) is 17.7. The number of benzene rings is 1. The van der Waals surface area contributed by atoms with E-state index < -0.39 is 33.2 Å². The normalized spacial score (nSPS) is 15.5. The summed E-state index contributed by atoms with van der Waals surface area (Å²) in [6.45, 7) is 0.0615. The SMILES string of the molecule is Cl.N#Cc1cccc(S(=O)(=O)N2CCCN(C(=O)c3cnccc3C(F)(F)F)CC2)c1. The zero-order chi connectivity index (χ0) is 21.9. The molecule has 7 nitrogen and oxygen atoms in total. The molecule has 1 aliphatic rings. The summed E-state index contributed by atoms with van der Waals surface area (Å²) in [6, 6.07) is 8.19. The number of pyridine rings is 1. The van der Waals surface area contributed by atoms with Gasteiger partial charge in [-0.05, 0) is 30.7 Å². The summed E-state index contributed by atoms with van der Waals surface area (Å²) < 4.78 is 66.6. The molecule has 1 aromatic heterocycles. The molecule has 12 heteroatoms. The van der Waals surface area contributed by atoms with E-state index in [1.807, 2.05) is 6.07 Å². The minimum absolute atomic E-state index is 0. The zero-order valence-electron chi connectivity index (χ0n) is 16.0. The average molecular weight is 475 g/mol. The monoisotopic (exact) mass is 474 g/mol. The second-order valence-electron chi connectivity index (χ2n) is 6.61. The summed E-state index contributed by atoms with van der Waals surface area (Å²) in [7, 11) is -3.91. The first kappa shape index (κ1) is 24.6. The maximum atomic E-state index is 13.2. The fourth-order valence-corrected chi connectivity index (χ4v) is 4.71. The summed E-state index contributed by atoms with van der Waals surface area (Å²) in [5.41, 5.74) is -1.45. The number of hydrogen-bond donors (Lipinski definition) is 0. The van der Waals surface area contributed by atoms with Crippen molar-refractivity contribution < 1.29 is 26.4 Å². The molecule has 31 heavy (non-hydrogen) atoms. The molecule has 0 spiro atoms. The number of carbonyl (C=O) groups excluding carboxylic acids is 1. The highest BCUT2D eigenvalue weighted by Crippen LogP contribution is 2.32.